The minimum absolute atomic E-state index is 0.504. The van der Waals surface area contributed by atoms with Gasteiger partial charge in [-0.15, -0.1) is 0 Å². The van der Waals surface area contributed by atoms with Crippen LogP contribution in [0.4, 0.5) is 11.5 Å². The van der Waals surface area contributed by atoms with Crippen LogP contribution in [0.5, 0.6) is 0 Å². The number of halogens is 1. The molecule has 0 spiro atoms. The van der Waals surface area contributed by atoms with Crippen LogP contribution in [0.1, 0.15) is 13.8 Å². The van der Waals surface area contributed by atoms with Gasteiger partial charge < -0.3 is 10.6 Å². The largest absolute Gasteiger partial charge is 0.396 e. The summed E-state index contributed by atoms with van der Waals surface area (Å²) in [5, 5.41) is 0.504. The summed E-state index contributed by atoms with van der Waals surface area (Å²) in [7, 11) is 0. The monoisotopic (exact) mass is 268 g/mol. The number of pyridine rings is 1. The maximum Gasteiger partial charge on any atom is 0.153 e. The van der Waals surface area contributed by atoms with Gasteiger partial charge in [0.2, 0.25) is 0 Å². The molecule has 5 heteroatoms. The van der Waals surface area contributed by atoms with Crippen molar-refractivity contribution in [2.24, 2.45) is 5.92 Å². The lowest BCUT2D eigenvalue weighted by Gasteiger charge is -2.36. The molecule has 0 radical (unpaired) electrons. The zero-order valence-corrected chi connectivity index (χ0v) is 11.8. The number of anilines is 2. The molecule has 100 valence electrons. The van der Waals surface area contributed by atoms with Crippen LogP contribution >= 0.6 is 11.6 Å². The highest BCUT2D eigenvalue weighted by molar-refractivity contribution is 6.29. The van der Waals surface area contributed by atoms with Gasteiger partial charge in [-0.1, -0.05) is 25.4 Å². The molecule has 18 heavy (non-hydrogen) atoms. The molecule has 4 nitrogen and oxygen atoms in total. The number of hydrogen-bond acceptors (Lipinski definition) is 4. The van der Waals surface area contributed by atoms with E-state index < -0.39 is 0 Å². The lowest BCUT2D eigenvalue weighted by molar-refractivity contribution is 0.231. The molecule has 2 rings (SSSR count). The van der Waals surface area contributed by atoms with Crippen LogP contribution in [0.25, 0.3) is 0 Å². The summed E-state index contributed by atoms with van der Waals surface area (Å²) in [4.78, 5) is 9.04. The maximum absolute atomic E-state index is 5.96. The fourth-order valence-corrected chi connectivity index (χ4v) is 2.49. The number of nitrogens with zero attached hydrogens (tertiary/aromatic N) is 3. The van der Waals surface area contributed by atoms with Crippen molar-refractivity contribution in [3.05, 3.63) is 17.3 Å². The highest BCUT2D eigenvalue weighted by atomic mass is 35.5. The van der Waals surface area contributed by atoms with Crippen molar-refractivity contribution in [2.45, 2.75) is 13.8 Å². The molecule has 1 fully saturated rings. The van der Waals surface area contributed by atoms with Gasteiger partial charge in [-0.2, -0.15) is 0 Å². The van der Waals surface area contributed by atoms with E-state index in [-0.39, 0.29) is 0 Å². The van der Waals surface area contributed by atoms with Crippen LogP contribution in [0.3, 0.4) is 0 Å². The smallest absolute Gasteiger partial charge is 0.153 e. The van der Waals surface area contributed by atoms with Crippen LogP contribution in [0.15, 0.2) is 12.1 Å². The molecule has 1 aliphatic heterocycles. The second-order valence-electron chi connectivity index (χ2n) is 5.23. The van der Waals surface area contributed by atoms with Crippen molar-refractivity contribution < 1.29 is 0 Å². The van der Waals surface area contributed by atoms with Gasteiger partial charge in [0.05, 0.1) is 5.69 Å². The number of aromatic nitrogens is 1. The molecular formula is C13H21ClN4. The zero-order chi connectivity index (χ0) is 13.1. The molecule has 1 saturated heterocycles. The van der Waals surface area contributed by atoms with Gasteiger partial charge in [0, 0.05) is 32.7 Å². The summed E-state index contributed by atoms with van der Waals surface area (Å²) < 4.78 is 0. The van der Waals surface area contributed by atoms with Crippen molar-refractivity contribution in [3.8, 4) is 0 Å². The summed E-state index contributed by atoms with van der Waals surface area (Å²) in [6.45, 7) is 9.71. The Balaban J connectivity index is 1.99. The number of hydrogen-bond donors (Lipinski definition) is 1. The van der Waals surface area contributed by atoms with Crippen molar-refractivity contribution >= 4 is 23.1 Å². The van der Waals surface area contributed by atoms with Gasteiger partial charge in [-0.25, -0.2) is 4.98 Å². The lowest BCUT2D eigenvalue weighted by atomic mass is 10.2. The second-order valence-corrected chi connectivity index (χ2v) is 5.62. The predicted octanol–water partition coefficient (Wildman–Crippen LogP) is 2.10. The standard InChI is InChI=1S/C13H21ClN4/c1-10(2)9-17-5-7-18(8-6-17)13-11(15)3-4-12(14)16-13/h3-4,10H,5-9,15H2,1-2H3. The molecule has 0 unspecified atom stereocenters. The first-order valence-electron chi connectivity index (χ1n) is 6.45. The third-order valence-electron chi connectivity index (χ3n) is 3.17. The van der Waals surface area contributed by atoms with Crippen LogP contribution in [0, 0.1) is 5.92 Å². The Morgan fingerprint density at radius 2 is 1.94 bits per heavy atom. The summed E-state index contributed by atoms with van der Waals surface area (Å²) in [6, 6.07) is 3.56. The molecule has 1 aromatic heterocycles. The maximum atomic E-state index is 5.96. The van der Waals surface area contributed by atoms with Crippen LogP contribution in [-0.2, 0) is 0 Å². The summed E-state index contributed by atoms with van der Waals surface area (Å²) >= 11 is 5.93. The normalized spacial score (nSPS) is 17.4. The third-order valence-corrected chi connectivity index (χ3v) is 3.38. The van der Waals surface area contributed by atoms with Gasteiger partial charge in [0.15, 0.2) is 5.82 Å². The van der Waals surface area contributed by atoms with E-state index in [0.717, 1.165) is 38.5 Å². The Hall–Kier alpha value is -1.00. The Kier molecular flexibility index (Phi) is 4.30. The van der Waals surface area contributed by atoms with Gasteiger partial charge >= 0.3 is 0 Å². The van der Waals surface area contributed by atoms with E-state index in [1.165, 1.54) is 0 Å². The summed E-state index contributed by atoms with van der Waals surface area (Å²) in [5.74, 6) is 1.54. The average molecular weight is 269 g/mol. The lowest BCUT2D eigenvalue weighted by Crippen LogP contribution is -2.47. The molecule has 1 aliphatic rings. The number of rotatable bonds is 3. The van der Waals surface area contributed by atoms with E-state index in [1.807, 2.05) is 6.07 Å². The van der Waals surface area contributed by atoms with Gasteiger partial charge in [-0.05, 0) is 18.1 Å². The van der Waals surface area contributed by atoms with E-state index in [2.05, 4.69) is 28.6 Å². The topological polar surface area (TPSA) is 45.4 Å². The zero-order valence-electron chi connectivity index (χ0n) is 11.1. The molecule has 1 aromatic rings. The molecule has 2 heterocycles. The quantitative estimate of drug-likeness (QED) is 0.853. The van der Waals surface area contributed by atoms with E-state index in [9.17, 15) is 0 Å². The number of nitrogen functional groups attached to an aromatic ring is 1. The van der Waals surface area contributed by atoms with E-state index in [4.69, 9.17) is 17.3 Å². The molecule has 0 atom stereocenters. The molecular weight excluding hydrogens is 248 g/mol. The van der Waals surface area contributed by atoms with Crippen molar-refractivity contribution in [1.29, 1.82) is 0 Å². The SMILES string of the molecule is CC(C)CN1CCN(c2nc(Cl)ccc2N)CC1. The van der Waals surface area contributed by atoms with Gasteiger partial charge in [0.1, 0.15) is 5.15 Å². The fourth-order valence-electron chi connectivity index (χ4n) is 2.35. The van der Waals surface area contributed by atoms with E-state index in [1.54, 1.807) is 6.07 Å². The Bertz CT molecular complexity index is 400. The molecule has 0 amide bonds. The molecule has 2 N–H and O–H groups in total. The van der Waals surface area contributed by atoms with Crippen LogP contribution in [-0.4, -0.2) is 42.6 Å². The van der Waals surface area contributed by atoms with Crippen molar-refractivity contribution in [3.63, 3.8) is 0 Å². The molecule has 0 aromatic carbocycles. The fraction of sp³-hybridized carbons (Fsp3) is 0.615. The molecule has 0 bridgehead atoms. The summed E-state index contributed by atoms with van der Waals surface area (Å²) in [6.07, 6.45) is 0. The second kappa shape index (κ2) is 5.76. The minimum atomic E-state index is 0.504. The number of piperazine rings is 1. The van der Waals surface area contributed by atoms with Gasteiger partial charge in [-0.3, -0.25) is 4.90 Å². The van der Waals surface area contributed by atoms with Crippen molar-refractivity contribution in [2.75, 3.05) is 43.4 Å². The van der Waals surface area contributed by atoms with Crippen LogP contribution in [0.2, 0.25) is 5.15 Å². The highest BCUT2D eigenvalue weighted by Gasteiger charge is 2.20. The van der Waals surface area contributed by atoms with Crippen LogP contribution < -0.4 is 10.6 Å². The Morgan fingerprint density at radius 1 is 1.28 bits per heavy atom. The first kappa shape index (κ1) is 13.4. The third kappa shape index (κ3) is 3.27. The Labute approximate surface area is 114 Å². The first-order chi connectivity index (χ1) is 8.56. The molecule has 0 aliphatic carbocycles. The van der Waals surface area contributed by atoms with E-state index in [0.29, 0.717) is 16.8 Å². The predicted molar refractivity (Wildman–Crippen MR) is 77.2 cm³/mol. The molecule has 0 saturated carbocycles. The minimum Gasteiger partial charge on any atom is -0.396 e. The average Bonchev–Trinajstić information content (AvgIpc) is 2.33. The summed E-state index contributed by atoms with van der Waals surface area (Å²) in [5.41, 5.74) is 6.66. The first-order valence-corrected chi connectivity index (χ1v) is 6.83. The van der Waals surface area contributed by atoms with E-state index >= 15 is 0 Å². The number of nitrogens with two attached hydrogens (primary N) is 1. The van der Waals surface area contributed by atoms with Gasteiger partial charge in [0.25, 0.3) is 0 Å². The highest BCUT2D eigenvalue weighted by Crippen LogP contribution is 2.23. The Morgan fingerprint density at radius 3 is 2.56 bits per heavy atom. The van der Waals surface area contributed by atoms with Crippen molar-refractivity contribution in [1.82, 2.24) is 9.88 Å².